The Balaban J connectivity index is 0.000000443. The van der Waals surface area contributed by atoms with Crippen LogP contribution in [0.1, 0.15) is 25.0 Å². The van der Waals surface area contributed by atoms with Crippen molar-refractivity contribution in [2.75, 3.05) is 0 Å². The summed E-state index contributed by atoms with van der Waals surface area (Å²) in [4.78, 5) is -0.208. The van der Waals surface area contributed by atoms with E-state index >= 15 is 0 Å². The molecule has 2 aromatic rings. The fourth-order valence-electron chi connectivity index (χ4n) is 2.08. The Morgan fingerprint density at radius 3 is 1.16 bits per heavy atom. The molecule has 0 aliphatic heterocycles. The van der Waals surface area contributed by atoms with Crippen LogP contribution >= 0.6 is 0 Å². The molecule has 0 heterocycles. The third kappa shape index (κ3) is 7.27. The first-order chi connectivity index (χ1) is 11.1. The minimum absolute atomic E-state index is 0. The van der Waals surface area contributed by atoms with E-state index in [4.69, 9.17) is 0 Å². The number of benzene rings is 2. The van der Waals surface area contributed by atoms with Gasteiger partial charge in [-0.05, 0) is 36.1 Å². The van der Waals surface area contributed by atoms with Crippen molar-refractivity contribution < 1.29 is 43.0 Å². The Morgan fingerprint density at radius 2 is 0.960 bits per heavy atom. The molecule has 25 heavy (non-hydrogen) atoms. The summed E-state index contributed by atoms with van der Waals surface area (Å²) in [6.45, 7) is 3.62. The molecule has 0 unspecified atom stereocenters. The summed E-state index contributed by atoms with van der Waals surface area (Å²) in [6, 6.07) is 12.5. The molecule has 0 aliphatic carbocycles. The standard InChI is InChI=1S/2C8H10O3S.Cu/c2*1-2-7-5-3-4-6-8(7)12(9,10)11;/h2*3-6H,2H2,1H3,(H,9,10,11);/q;;+2/p-2. The molecule has 0 aliphatic rings. The molecule has 0 fully saturated rings. The van der Waals surface area contributed by atoms with Crippen LogP contribution in [0.5, 0.6) is 0 Å². The third-order valence-electron chi connectivity index (χ3n) is 3.25. The second kappa shape index (κ2) is 10.1. The first kappa shape index (κ1) is 23.8. The molecule has 0 N–H and O–H groups in total. The van der Waals surface area contributed by atoms with E-state index < -0.39 is 20.2 Å². The second-order valence-electron chi connectivity index (χ2n) is 4.83. The van der Waals surface area contributed by atoms with Gasteiger partial charge in [0.2, 0.25) is 0 Å². The van der Waals surface area contributed by atoms with Gasteiger partial charge in [-0.2, -0.15) is 0 Å². The van der Waals surface area contributed by atoms with Crippen LogP contribution in [0.2, 0.25) is 0 Å². The molecule has 2 aromatic carbocycles. The summed E-state index contributed by atoms with van der Waals surface area (Å²) in [5.74, 6) is 0. The second-order valence-corrected chi connectivity index (χ2v) is 7.53. The largest absolute Gasteiger partial charge is 2.00 e. The Labute approximate surface area is 159 Å². The Bertz CT molecular complexity index is 817. The molecule has 0 saturated heterocycles. The Morgan fingerprint density at radius 1 is 0.680 bits per heavy atom. The summed E-state index contributed by atoms with van der Waals surface area (Å²) < 4.78 is 63.9. The van der Waals surface area contributed by atoms with E-state index in [0.717, 1.165) is 0 Å². The molecule has 0 amide bonds. The van der Waals surface area contributed by atoms with E-state index in [1.165, 1.54) is 12.1 Å². The molecule has 0 spiro atoms. The van der Waals surface area contributed by atoms with E-state index in [2.05, 4.69) is 0 Å². The van der Waals surface area contributed by atoms with Gasteiger partial charge < -0.3 is 9.11 Å². The SMILES string of the molecule is CCc1ccccc1S(=O)(=O)[O-].CCc1ccccc1S(=O)(=O)[O-].[Cu+2]. The van der Waals surface area contributed by atoms with Crippen molar-refractivity contribution >= 4 is 20.2 Å². The van der Waals surface area contributed by atoms with Gasteiger partial charge in [0.1, 0.15) is 20.2 Å². The van der Waals surface area contributed by atoms with Crippen molar-refractivity contribution in [3.05, 3.63) is 59.7 Å². The predicted octanol–water partition coefficient (Wildman–Crippen LogP) is 2.30. The molecule has 0 atom stereocenters. The van der Waals surface area contributed by atoms with Crippen LogP contribution in [0.25, 0.3) is 0 Å². The molecular weight excluding hydrogens is 416 g/mol. The molecule has 0 saturated carbocycles. The molecule has 2 rings (SSSR count). The van der Waals surface area contributed by atoms with Crippen molar-refractivity contribution in [3.8, 4) is 0 Å². The van der Waals surface area contributed by atoms with Gasteiger partial charge >= 0.3 is 17.1 Å². The zero-order chi connectivity index (χ0) is 18.4. The average molecular weight is 434 g/mol. The maximum atomic E-state index is 10.7. The number of rotatable bonds is 4. The van der Waals surface area contributed by atoms with Crippen LogP contribution in [-0.2, 0) is 50.1 Å². The van der Waals surface area contributed by atoms with Gasteiger partial charge in [-0.3, -0.25) is 0 Å². The van der Waals surface area contributed by atoms with E-state index in [9.17, 15) is 25.9 Å². The number of hydrogen-bond donors (Lipinski definition) is 0. The van der Waals surface area contributed by atoms with Gasteiger partial charge in [0, 0.05) is 0 Å². The summed E-state index contributed by atoms with van der Waals surface area (Å²) in [5, 5.41) is 0. The van der Waals surface area contributed by atoms with Gasteiger partial charge in [0.25, 0.3) is 0 Å². The van der Waals surface area contributed by atoms with Crippen LogP contribution in [0.15, 0.2) is 58.3 Å². The molecule has 9 heteroatoms. The van der Waals surface area contributed by atoms with Crippen molar-refractivity contribution in [2.45, 2.75) is 36.5 Å². The Kier molecular flexibility index (Phi) is 9.57. The molecule has 141 valence electrons. The quantitative estimate of drug-likeness (QED) is 0.539. The van der Waals surface area contributed by atoms with Crippen molar-refractivity contribution in [3.63, 3.8) is 0 Å². The van der Waals surface area contributed by atoms with E-state index in [-0.39, 0.29) is 26.9 Å². The van der Waals surface area contributed by atoms with Gasteiger partial charge in [-0.1, -0.05) is 50.2 Å². The first-order valence-electron chi connectivity index (χ1n) is 7.18. The van der Waals surface area contributed by atoms with Crippen molar-refractivity contribution in [1.82, 2.24) is 0 Å². The molecular formula is C16H18CuO6S2. The smallest absolute Gasteiger partial charge is 0.744 e. The van der Waals surface area contributed by atoms with Gasteiger partial charge in [0.05, 0.1) is 9.79 Å². The van der Waals surface area contributed by atoms with Crippen LogP contribution in [0.4, 0.5) is 0 Å². The average Bonchev–Trinajstić information content (AvgIpc) is 2.53. The van der Waals surface area contributed by atoms with Crippen LogP contribution in [0, 0.1) is 0 Å². The maximum absolute atomic E-state index is 10.7. The molecule has 1 radical (unpaired) electrons. The first-order valence-corrected chi connectivity index (χ1v) is 10.0. The zero-order valence-electron chi connectivity index (χ0n) is 13.6. The van der Waals surface area contributed by atoms with Crippen LogP contribution in [-0.4, -0.2) is 25.9 Å². The maximum Gasteiger partial charge on any atom is 2.00 e. The molecule has 6 nitrogen and oxygen atoms in total. The molecule has 0 bridgehead atoms. The fraction of sp³-hybridized carbons (Fsp3) is 0.250. The summed E-state index contributed by atoms with van der Waals surface area (Å²) >= 11 is 0. The van der Waals surface area contributed by atoms with Crippen LogP contribution < -0.4 is 0 Å². The van der Waals surface area contributed by atoms with Gasteiger partial charge in [-0.25, -0.2) is 16.8 Å². The summed E-state index contributed by atoms with van der Waals surface area (Å²) in [6.07, 6.45) is 1.11. The van der Waals surface area contributed by atoms with Crippen molar-refractivity contribution in [2.24, 2.45) is 0 Å². The minimum atomic E-state index is -4.30. The summed E-state index contributed by atoms with van der Waals surface area (Å²) in [5.41, 5.74) is 1.15. The molecule has 0 aromatic heterocycles. The zero-order valence-corrected chi connectivity index (χ0v) is 16.2. The minimum Gasteiger partial charge on any atom is -0.744 e. The fourth-order valence-corrected chi connectivity index (χ4v) is 3.64. The van der Waals surface area contributed by atoms with E-state index in [1.807, 2.05) is 13.8 Å². The topological polar surface area (TPSA) is 114 Å². The Hall–Kier alpha value is -1.22. The number of aryl methyl sites for hydroxylation is 2. The monoisotopic (exact) mass is 433 g/mol. The van der Waals surface area contributed by atoms with Crippen LogP contribution in [0.3, 0.4) is 0 Å². The summed E-state index contributed by atoms with van der Waals surface area (Å²) in [7, 11) is -8.59. The predicted molar refractivity (Wildman–Crippen MR) is 87.6 cm³/mol. The van der Waals surface area contributed by atoms with Gasteiger partial charge in [0.15, 0.2) is 0 Å². The van der Waals surface area contributed by atoms with E-state index in [0.29, 0.717) is 24.0 Å². The van der Waals surface area contributed by atoms with Crippen molar-refractivity contribution in [1.29, 1.82) is 0 Å². The number of hydrogen-bond acceptors (Lipinski definition) is 6. The van der Waals surface area contributed by atoms with Gasteiger partial charge in [-0.15, -0.1) is 0 Å². The third-order valence-corrected chi connectivity index (χ3v) is 5.12. The normalized spacial score (nSPS) is 11.0. The van der Waals surface area contributed by atoms with E-state index in [1.54, 1.807) is 36.4 Å².